The lowest BCUT2D eigenvalue weighted by atomic mass is 10.0. The summed E-state index contributed by atoms with van der Waals surface area (Å²) >= 11 is 5.83. The van der Waals surface area contributed by atoms with Gasteiger partial charge in [0.1, 0.15) is 0 Å². The van der Waals surface area contributed by atoms with Crippen molar-refractivity contribution in [1.29, 1.82) is 0 Å². The van der Waals surface area contributed by atoms with Gasteiger partial charge < -0.3 is 5.32 Å². The quantitative estimate of drug-likeness (QED) is 0.879. The zero-order valence-corrected chi connectivity index (χ0v) is 12.4. The summed E-state index contributed by atoms with van der Waals surface area (Å²) < 4.78 is 0. The largest absolute Gasteiger partial charge is 0.345 e. The maximum absolute atomic E-state index is 12.2. The first-order chi connectivity index (χ1) is 9.60. The van der Waals surface area contributed by atoms with Gasteiger partial charge in [0, 0.05) is 10.6 Å². The molecule has 1 atom stereocenters. The molecule has 3 heteroatoms. The van der Waals surface area contributed by atoms with Crippen LogP contribution in [0, 0.1) is 6.92 Å². The van der Waals surface area contributed by atoms with Crippen molar-refractivity contribution >= 4 is 17.5 Å². The van der Waals surface area contributed by atoms with Gasteiger partial charge in [0.25, 0.3) is 5.91 Å². The Bertz CT molecular complexity index is 575. The molecule has 1 N–H and O–H groups in total. The number of aryl methyl sites for hydroxylation is 1. The van der Waals surface area contributed by atoms with Gasteiger partial charge in [-0.2, -0.15) is 0 Å². The summed E-state index contributed by atoms with van der Waals surface area (Å²) in [7, 11) is 0. The van der Waals surface area contributed by atoms with Gasteiger partial charge in [0.2, 0.25) is 0 Å². The van der Waals surface area contributed by atoms with Gasteiger partial charge >= 0.3 is 0 Å². The third-order valence-electron chi connectivity index (χ3n) is 3.30. The van der Waals surface area contributed by atoms with Gasteiger partial charge in [0.05, 0.1) is 6.04 Å². The molecule has 0 spiro atoms. The molecule has 0 aliphatic rings. The normalized spacial score (nSPS) is 11.9. The Labute approximate surface area is 124 Å². The molecule has 0 saturated carbocycles. The fraction of sp³-hybridized carbons (Fsp3) is 0.235. The molecule has 20 heavy (non-hydrogen) atoms. The van der Waals surface area contributed by atoms with Crippen LogP contribution < -0.4 is 5.32 Å². The number of halogens is 1. The molecule has 2 rings (SSSR count). The van der Waals surface area contributed by atoms with E-state index in [0.29, 0.717) is 10.6 Å². The summed E-state index contributed by atoms with van der Waals surface area (Å²) in [6.07, 6.45) is 0.850. The zero-order chi connectivity index (χ0) is 14.5. The van der Waals surface area contributed by atoms with Crippen LogP contribution in [0.2, 0.25) is 5.02 Å². The summed E-state index contributed by atoms with van der Waals surface area (Å²) in [6, 6.07) is 15.2. The predicted molar refractivity (Wildman–Crippen MR) is 83.1 cm³/mol. The average Bonchev–Trinajstić information content (AvgIpc) is 2.46. The van der Waals surface area contributed by atoms with E-state index in [4.69, 9.17) is 11.6 Å². The third kappa shape index (κ3) is 3.61. The maximum atomic E-state index is 12.2. The fourth-order valence-corrected chi connectivity index (χ4v) is 2.19. The Morgan fingerprint density at radius 2 is 1.70 bits per heavy atom. The van der Waals surface area contributed by atoms with Gasteiger partial charge in [-0.05, 0) is 43.2 Å². The summed E-state index contributed by atoms with van der Waals surface area (Å²) in [5, 5.41) is 3.69. The van der Waals surface area contributed by atoms with Crippen molar-refractivity contribution in [3.8, 4) is 0 Å². The highest BCUT2D eigenvalue weighted by Crippen LogP contribution is 2.18. The number of hydrogen-bond donors (Lipinski definition) is 1. The maximum Gasteiger partial charge on any atom is 0.251 e. The van der Waals surface area contributed by atoms with Gasteiger partial charge in [-0.1, -0.05) is 48.4 Å². The first kappa shape index (κ1) is 14.6. The van der Waals surface area contributed by atoms with Crippen LogP contribution in [0.1, 0.15) is 40.9 Å². The molecule has 2 aromatic rings. The summed E-state index contributed by atoms with van der Waals surface area (Å²) in [6.45, 7) is 4.11. The van der Waals surface area contributed by atoms with E-state index < -0.39 is 0 Å². The number of hydrogen-bond acceptors (Lipinski definition) is 1. The molecule has 0 saturated heterocycles. The van der Waals surface area contributed by atoms with E-state index in [1.165, 1.54) is 5.56 Å². The smallest absolute Gasteiger partial charge is 0.251 e. The highest BCUT2D eigenvalue weighted by molar-refractivity contribution is 6.30. The number of rotatable bonds is 4. The second-order valence-electron chi connectivity index (χ2n) is 4.85. The van der Waals surface area contributed by atoms with E-state index in [-0.39, 0.29) is 11.9 Å². The topological polar surface area (TPSA) is 29.1 Å². The molecule has 0 aliphatic heterocycles. The average molecular weight is 288 g/mol. The summed E-state index contributed by atoms with van der Waals surface area (Å²) in [4.78, 5) is 12.2. The van der Waals surface area contributed by atoms with Crippen molar-refractivity contribution in [2.75, 3.05) is 0 Å². The molecule has 2 aromatic carbocycles. The Morgan fingerprint density at radius 3 is 2.25 bits per heavy atom. The molecule has 0 aliphatic carbocycles. The van der Waals surface area contributed by atoms with Gasteiger partial charge in [-0.3, -0.25) is 4.79 Å². The van der Waals surface area contributed by atoms with Crippen molar-refractivity contribution < 1.29 is 4.79 Å². The standard InChI is InChI=1S/C17H18ClNO/c1-3-16(13-6-4-12(2)5-7-13)19-17(20)14-8-10-15(18)11-9-14/h4-11,16H,3H2,1-2H3,(H,19,20)/t16-/m0/s1. The number of carbonyl (C=O) groups excluding carboxylic acids is 1. The molecule has 104 valence electrons. The molecule has 0 heterocycles. The SMILES string of the molecule is CC[C@H](NC(=O)c1ccc(Cl)cc1)c1ccc(C)cc1. The second kappa shape index (κ2) is 6.58. The lowest BCUT2D eigenvalue weighted by molar-refractivity contribution is 0.0935. The Morgan fingerprint density at radius 1 is 1.10 bits per heavy atom. The third-order valence-corrected chi connectivity index (χ3v) is 3.55. The lowest BCUT2D eigenvalue weighted by Gasteiger charge is -2.17. The fourth-order valence-electron chi connectivity index (χ4n) is 2.06. The molecule has 0 radical (unpaired) electrons. The van der Waals surface area contributed by atoms with Crippen molar-refractivity contribution in [3.05, 3.63) is 70.2 Å². The number of amides is 1. The van der Waals surface area contributed by atoms with E-state index in [1.807, 2.05) is 0 Å². The minimum absolute atomic E-state index is 0.0266. The van der Waals surface area contributed by atoms with Crippen LogP contribution in [0.25, 0.3) is 0 Å². The monoisotopic (exact) mass is 287 g/mol. The van der Waals surface area contributed by atoms with Crippen molar-refractivity contribution in [1.82, 2.24) is 5.32 Å². The predicted octanol–water partition coefficient (Wildman–Crippen LogP) is 4.53. The van der Waals surface area contributed by atoms with Crippen LogP contribution in [0.4, 0.5) is 0 Å². The Balaban J connectivity index is 2.11. The van der Waals surface area contributed by atoms with Crippen molar-refractivity contribution in [3.63, 3.8) is 0 Å². The Kier molecular flexibility index (Phi) is 4.80. The second-order valence-corrected chi connectivity index (χ2v) is 5.29. The highest BCUT2D eigenvalue weighted by Gasteiger charge is 2.13. The van der Waals surface area contributed by atoms with E-state index in [9.17, 15) is 4.79 Å². The number of carbonyl (C=O) groups is 1. The van der Waals surface area contributed by atoms with E-state index in [1.54, 1.807) is 24.3 Å². The minimum Gasteiger partial charge on any atom is -0.345 e. The van der Waals surface area contributed by atoms with E-state index in [0.717, 1.165) is 12.0 Å². The van der Waals surface area contributed by atoms with Gasteiger partial charge in [-0.15, -0.1) is 0 Å². The van der Waals surface area contributed by atoms with Crippen LogP contribution in [0.5, 0.6) is 0 Å². The molecular formula is C17H18ClNO. The summed E-state index contributed by atoms with van der Waals surface area (Å²) in [5.74, 6) is -0.0749. The van der Waals surface area contributed by atoms with Crippen LogP contribution in [0.3, 0.4) is 0 Å². The lowest BCUT2D eigenvalue weighted by Crippen LogP contribution is -2.28. The molecule has 1 amide bonds. The number of nitrogens with one attached hydrogen (secondary N) is 1. The molecule has 0 bridgehead atoms. The van der Waals surface area contributed by atoms with Crippen molar-refractivity contribution in [2.45, 2.75) is 26.3 Å². The Hall–Kier alpha value is -1.80. The molecular weight excluding hydrogens is 270 g/mol. The van der Waals surface area contributed by atoms with E-state index in [2.05, 4.69) is 43.4 Å². The molecule has 0 aromatic heterocycles. The first-order valence-corrected chi connectivity index (χ1v) is 7.11. The zero-order valence-electron chi connectivity index (χ0n) is 11.7. The van der Waals surface area contributed by atoms with Gasteiger partial charge in [0.15, 0.2) is 0 Å². The van der Waals surface area contributed by atoms with Crippen LogP contribution in [-0.4, -0.2) is 5.91 Å². The number of benzene rings is 2. The van der Waals surface area contributed by atoms with Crippen LogP contribution in [-0.2, 0) is 0 Å². The van der Waals surface area contributed by atoms with E-state index >= 15 is 0 Å². The molecule has 0 fully saturated rings. The van der Waals surface area contributed by atoms with Crippen LogP contribution in [0.15, 0.2) is 48.5 Å². The van der Waals surface area contributed by atoms with Gasteiger partial charge in [-0.25, -0.2) is 0 Å². The summed E-state index contributed by atoms with van der Waals surface area (Å²) in [5.41, 5.74) is 2.97. The molecule has 0 unspecified atom stereocenters. The minimum atomic E-state index is -0.0749. The highest BCUT2D eigenvalue weighted by atomic mass is 35.5. The molecule has 2 nitrogen and oxygen atoms in total. The van der Waals surface area contributed by atoms with Crippen LogP contribution >= 0.6 is 11.6 Å². The van der Waals surface area contributed by atoms with Crippen molar-refractivity contribution in [2.24, 2.45) is 0 Å². The first-order valence-electron chi connectivity index (χ1n) is 6.73.